The molecular weight excluding hydrogens is 314 g/mol. The standard InChI is InChI=1S/C13H15ClN3O3S/c1-17(2)6-5-15-21(19,20)12-7-9-3-4-13(18)16-11(9)8-10(12)14/h3,7-8,15H,5-6H2,1-2H3,(H,16,18). The molecule has 0 saturated carbocycles. The van der Waals surface area contributed by atoms with Crippen molar-refractivity contribution in [2.75, 3.05) is 27.2 Å². The summed E-state index contributed by atoms with van der Waals surface area (Å²) < 4.78 is 27.0. The van der Waals surface area contributed by atoms with Crippen molar-refractivity contribution in [1.82, 2.24) is 14.6 Å². The summed E-state index contributed by atoms with van der Waals surface area (Å²) >= 11 is 6.02. The fraction of sp³-hybridized carbons (Fsp3) is 0.308. The van der Waals surface area contributed by atoms with Crippen LogP contribution in [0.2, 0.25) is 5.02 Å². The predicted molar refractivity (Wildman–Crippen MR) is 82.2 cm³/mol. The SMILES string of the molecule is CN(C)CCNS(=O)(=O)c1cc2c[c]c(=O)[nH]c2cc1Cl. The lowest BCUT2D eigenvalue weighted by Gasteiger charge is -2.12. The van der Waals surface area contributed by atoms with Crippen LogP contribution < -0.4 is 10.3 Å². The van der Waals surface area contributed by atoms with Gasteiger partial charge in [-0.1, -0.05) is 11.6 Å². The predicted octanol–water partition coefficient (Wildman–Crippen LogP) is 0.822. The largest absolute Gasteiger partial charge is 0.321 e. The number of hydrogen-bond donors (Lipinski definition) is 2. The molecule has 1 aromatic heterocycles. The van der Waals surface area contributed by atoms with E-state index in [-0.39, 0.29) is 16.5 Å². The second-order valence-electron chi connectivity index (χ2n) is 4.81. The summed E-state index contributed by atoms with van der Waals surface area (Å²) in [5.74, 6) is 0. The van der Waals surface area contributed by atoms with Gasteiger partial charge in [-0.3, -0.25) is 4.79 Å². The van der Waals surface area contributed by atoms with Crippen LogP contribution in [0.3, 0.4) is 0 Å². The summed E-state index contributed by atoms with van der Waals surface area (Å²) in [5.41, 5.74) is 0.0780. The van der Waals surface area contributed by atoms with Gasteiger partial charge in [0.05, 0.1) is 11.1 Å². The monoisotopic (exact) mass is 328 g/mol. The van der Waals surface area contributed by atoms with E-state index in [4.69, 9.17) is 11.6 Å². The molecule has 6 nitrogen and oxygen atoms in total. The normalized spacial score (nSPS) is 12.2. The van der Waals surface area contributed by atoms with E-state index >= 15 is 0 Å². The van der Waals surface area contributed by atoms with Crippen LogP contribution in [0.25, 0.3) is 10.9 Å². The Morgan fingerprint density at radius 3 is 2.76 bits per heavy atom. The zero-order chi connectivity index (χ0) is 15.6. The highest BCUT2D eigenvalue weighted by molar-refractivity contribution is 7.89. The highest BCUT2D eigenvalue weighted by Gasteiger charge is 2.18. The van der Waals surface area contributed by atoms with Crippen LogP contribution >= 0.6 is 11.6 Å². The summed E-state index contributed by atoms with van der Waals surface area (Å²) in [5, 5.41) is 0.605. The first-order chi connectivity index (χ1) is 9.79. The van der Waals surface area contributed by atoms with E-state index < -0.39 is 15.6 Å². The average molecular weight is 329 g/mol. The number of nitrogens with one attached hydrogen (secondary N) is 2. The number of pyridine rings is 1. The molecule has 1 aromatic carbocycles. The zero-order valence-electron chi connectivity index (χ0n) is 11.6. The molecule has 2 N–H and O–H groups in total. The number of aromatic nitrogens is 1. The Morgan fingerprint density at radius 1 is 1.38 bits per heavy atom. The highest BCUT2D eigenvalue weighted by Crippen LogP contribution is 2.25. The average Bonchev–Trinajstić information content (AvgIpc) is 2.36. The fourth-order valence-electron chi connectivity index (χ4n) is 1.79. The van der Waals surface area contributed by atoms with E-state index in [1.807, 2.05) is 19.0 Å². The summed E-state index contributed by atoms with van der Waals surface area (Å²) in [6.07, 6.45) is 0. The fourth-order valence-corrected chi connectivity index (χ4v) is 3.37. The lowest BCUT2D eigenvalue weighted by atomic mass is 10.2. The molecule has 0 spiro atoms. The molecule has 0 bridgehead atoms. The third-order valence-electron chi connectivity index (χ3n) is 2.85. The number of hydrogen-bond acceptors (Lipinski definition) is 4. The van der Waals surface area contributed by atoms with Crippen molar-refractivity contribution >= 4 is 32.5 Å². The molecule has 21 heavy (non-hydrogen) atoms. The van der Waals surface area contributed by atoms with Gasteiger partial charge in [0.25, 0.3) is 5.56 Å². The zero-order valence-corrected chi connectivity index (χ0v) is 13.2. The van der Waals surface area contributed by atoms with Gasteiger partial charge in [-0.2, -0.15) is 0 Å². The molecule has 0 amide bonds. The van der Waals surface area contributed by atoms with Crippen LogP contribution in [0.5, 0.6) is 0 Å². The maximum atomic E-state index is 12.2. The van der Waals surface area contributed by atoms with Gasteiger partial charge in [0, 0.05) is 24.0 Å². The molecule has 0 atom stereocenters. The maximum absolute atomic E-state index is 12.2. The Morgan fingerprint density at radius 2 is 2.10 bits per heavy atom. The first-order valence-electron chi connectivity index (χ1n) is 6.18. The Labute approximate surface area is 127 Å². The molecule has 0 fully saturated rings. The van der Waals surface area contributed by atoms with Crippen molar-refractivity contribution in [3.8, 4) is 0 Å². The van der Waals surface area contributed by atoms with Crippen LogP contribution in [0.1, 0.15) is 0 Å². The first kappa shape index (κ1) is 16.0. The quantitative estimate of drug-likeness (QED) is 0.851. The molecule has 113 valence electrons. The van der Waals surface area contributed by atoms with Gasteiger partial charge in [-0.05, 0) is 32.3 Å². The van der Waals surface area contributed by atoms with Crippen LogP contribution in [0.4, 0.5) is 0 Å². The maximum Gasteiger partial charge on any atom is 0.256 e. The molecule has 2 rings (SSSR count). The Bertz CT molecular complexity index is 815. The van der Waals surface area contributed by atoms with Crippen molar-refractivity contribution < 1.29 is 8.42 Å². The molecule has 1 heterocycles. The van der Waals surface area contributed by atoms with Crippen molar-refractivity contribution in [2.45, 2.75) is 4.90 Å². The Hall–Kier alpha value is -1.41. The smallest absolute Gasteiger partial charge is 0.256 e. The minimum Gasteiger partial charge on any atom is -0.321 e. The number of fused-ring (bicyclic) bond motifs is 1. The van der Waals surface area contributed by atoms with Gasteiger partial charge < -0.3 is 9.88 Å². The number of sulfonamides is 1. The molecule has 0 aliphatic heterocycles. The van der Waals surface area contributed by atoms with Crippen molar-refractivity contribution in [3.63, 3.8) is 0 Å². The summed E-state index contributed by atoms with van der Waals surface area (Å²) in [6, 6.07) is 6.73. The highest BCUT2D eigenvalue weighted by atomic mass is 35.5. The minimum atomic E-state index is -3.70. The molecule has 0 aliphatic rings. The van der Waals surface area contributed by atoms with Crippen LogP contribution in [0, 0.1) is 6.07 Å². The second kappa shape index (κ2) is 6.15. The van der Waals surface area contributed by atoms with E-state index in [1.54, 1.807) is 0 Å². The number of aromatic amines is 1. The van der Waals surface area contributed by atoms with Gasteiger partial charge in [0.15, 0.2) is 0 Å². The van der Waals surface area contributed by atoms with Gasteiger partial charge >= 0.3 is 0 Å². The van der Waals surface area contributed by atoms with E-state index in [9.17, 15) is 13.2 Å². The van der Waals surface area contributed by atoms with Crippen LogP contribution in [-0.2, 0) is 10.0 Å². The van der Waals surface area contributed by atoms with Crippen LogP contribution in [0.15, 0.2) is 27.9 Å². The molecule has 1 radical (unpaired) electrons. The lowest BCUT2D eigenvalue weighted by Crippen LogP contribution is -2.31. The van der Waals surface area contributed by atoms with E-state index in [1.165, 1.54) is 18.2 Å². The molecule has 2 aromatic rings. The Kier molecular flexibility index (Phi) is 4.67. The summed E-state index contributed by atoms with van der Waals surface area (Å²) in [6.45, 7) is 0.854. The van der Waals surface area contributed by atoms with Gasteiger partial charge in [-0.25, -0.2) is 13.1 Å². The summed E-state index contributed by atoms with van der Waals surface area (Å²) in [7, 11) is -0.00136. The van der Waals surface area contributed by atoms with Gasteiger partial charge in [0.1, 0.15) is 4.90 Å². The van der Waals surface area contributed by atoms with Gasteiger partial charge in [0.2, 0.25) is 10.0 Å². The lowest BCUT2D eigenvalue weighted by molar-refractivity contribution is 0.412. The van der Waals surface area contributed by atoms with E-state index in [2.05, 4.69) is 15.8 Å². The number of H-pyrrole nitrogens is 1. The number of nitrogens with zero attached hydrogens (tertiary/aromatic N) is 1. The molecule has 0 aliphatic carbocycles. The Balaban J connectivity index is 2.39. The third kappa shape index (κ3) is 3.82. The summed E-state index contributed by atoms with van der Waals surface area (Å²) in [4.78, 5) is 15.6. The first-order valence-corrected chi connectivity index (χ1v) is 8.04. The minimum absolute atomic E-state index is 0.0177. The van der Waals surface area contributed by atoms with E-state index in [0.29, 0.717) is 17.4 Å². The van der Waals surface area contributed by atoms with Crippen molar-refractivity contribution in [2.24, 2.45) is 0 Å². The van der Waals surface area contributed by atoms with E-state index in [0.717, 1.165) is 0 Å². The van der Waals surface area contributed by atoms with Gasteiger partial charge in [-0.15, -0.1) is 0 Å². The number of rotatable bonds is 5. The van der Waals surface area contributed by atoms with Crippen molar-refractivity contribution in [1.29, 1.82) is 0 Å². The molecular formula is C13H15ClN3O3S. The second-order valence-corrected chi connectivity index (χ2v) is 6.96. The number of benzene rings is 1. The molecule has 8 heteroatoms. The molecule has 0 unspecified atom stereocenters. The number of likely N-dealkylation sites (N-methyl/N-ethyl adjacent to an activating group) is 1. The molecule has 0 saturated heterocycles. The van der Waals surface area contributed by atoms with Crippen molar-refractivity contribution in [3.05, 3.63) is 39.6 Å². The van der Waals surface area contributed by atoms with Crippen LogP contribution in [-0.4, -0.2) is 45.5 Å². The topological polar surface area (TPSA) is 82.3 Å². The third-order valence-corrected chi connectivity index (χ3v) is 4.78. The number of halogens is 1.